The first-order chi connectivity index (χ1) is 14.9. The van der Waals surface area contributed by atoms with Crippen molar-refractivity contribution in [3.63, 3.8) is 0 Å². The van der Waals surface area contributed by atoms with Crippen LogP contribution in [-0.4, -0.2) is 39.7 Å². The van der Waals surface area contributed by atoms with Crippen molar-refractivity contribution in [1.29, 1.82) is 0 Å². The number of amides is 1. The Morgan fingerprint density at radius 3 is 2.50 bits per heavy atom. The Morgan fingerprint density at radius 1 is 1.19 bits per heavy atom. The van der Waals surface area contributed by atoms with Crippen molar-refractivity contribution >= 4 is 5.91 Å². The number of nitrogens with zero attached hydrogens (tertiary/aromatic N) is 2. The monoisotopic (exact) mass is 444 g/mol. The molecular weight excluding hydrogens is 421 g/mol. The fraction of sp³-hybridized carbons (Fsp3) is 0.417. The quantitative estimate of drug-likeness (QED) is 0.677. The summed E-state index contributed by atoms with van der Waals surface area (Å²) in [5, 5.41) is 10.5. The molecule has 8 heteroatoms. The lowest BCUT2D eigenvalue weighted by Crippen LogP contribution is -2.41. The van der Waals surface area contributed by atoms with Crippen LogP contribution >= 0.6 is 0 Å². The Balaban J connectivity index is 1.75. The van der Waals surface area contributed by atoms with Crippen LogP contribution in [0.2, 0.25) is 0 Å². The minimum Gasteiger partial charge on any atom is -0.487 e. The molecule has 0 spiro atoms. The van der Waals surface area contributed by atoms with Crippen molar-refractivity contribution in [2.24, 2.45) is 5.41 Å². The molecule has 3 atom stereocenters. The molecule has 1 amide bonds. The lowest BCUT2D eigenvalue weighted by molar-refractivity contribution is -0.240. The highest BCUT2D eigenvalue weighted by Gasteiger charge is 2.54. The van der Waals surface area contributed by atoms with E-state index in [1.807, 2.05) is 26.7 Å². The van der Waals surface area contributed by atoms with Gasteiger partial charge in [0, 0.05) is 35.4 Å². The molecular formula is C24H23F3N2O3. The predicted molar refractivity (Wildman–Crippen MR) is 110 cm³/mol. The second-order valence-electron chi connectivity index (χ2n) is 9.13. The number of pyridine rings is 1. The van der Waals surface area contributed by atoms with Gasteiger partial charge in [-0.1, -0.05) is 57.0 Å². The number of aliphatic hydroxyl groups is 1. The van der Waals surface area contributed by atoms with Gasteiger partial charge in [0.1, 0.15) is 11.9 Å². The molecule has 32 heavy (non-hydrogen) atoms. The van der Waals surface area contributed by atoms with Crippen LogP contribution in [0, 0.1) is 17.3 Å². The van der Waals surface area contributed by atoms with Crippen LogP contribution in [0.3, 0.4) is 0 Å². The summed E-state index contributed by atoms with van der Waals surface area (Å²) in [4.78, 5) is 18.8. The summed E-state index contributed by atoms with van der Waals surface area (Å²) in [5.41, 5.74) is -3.56. The normalized spacial score (nSPS) is 21.7. The van der Waals surface area contributed by atoms with Gasteiger partial charge in [-0.25, -0.2) is 0 Å². The minimum atomic E-state index is -5.01. The van der Waals surface area contributed by atoms with Gasteiger partial charge in [-0.2, -0.15) is 13.2 Å². The molecule has 5 nitrogen and oxygen atoms in total. The van der Waals surface area contributed by atoms with E-state index >= 15 is 0 Å². The lowest BCUT2D eigenvalue weighted by Gasteiger charge is -2.31. The zero-order valence-corrected chi connectivity index (χ0v) is 17.9. The molecule has 0 radical (unpaired) electrons. The van der Waals surface area contributed by atoms with Gasteiger partial charge in [-0.15, -0.1) is 0 Å². The fourth-order valence-corrected chi connectivity index (χ4v) is 4.07. The summed E-state index contributed by atoms with van der Waals surface area (Å²) in [6.07, 6.45) is -1.84. The molecule has 2 aromatic rings. The Kier molecular flexibility index (Phi) is 5.21. The first-order valence-corrected chi connectivity index (χ1v) is 10.3. The SMILES string of the molecule is CC(C)(C)C(=O)N1C[C@@H]2C[C@H]1c1cncc(C#CC(O)(c3ccccc3)C(F)(F)F)c1O2. The Hall–Kier alpha value is -3.05. The van der Waals surface area contributed by atoms with Gasteiger partial charge in [-0.3, -0.25) is 9.78 Å². The molecule has 1 N–H and O–H groups in total. The largest absolute Gasteiger partial charge is 0.487 e. The van der Waals surface area contributed by atoms with E-state index in [2.05, 4.69) is 10.9 Å². The molecule has 1 aromatic carbocycles. The molecule has 1 aromatic heterocycles. The maximum Gasteiger partial charge on any atom is 0.433 e. The lowest BCUT2D eigenvalue weighted by atomic mass is 9.92. The average molecular weight is 444 g/mol. The van der Waals surface area contributed by atoms with Gasteiger partial charge in [0.15, 0.2) is 0 Å². The van der Waals surface area contributed by atoms with E-state index in [0.29, 0.717) is 24.3 Å². The number of benzene rings is 1. The number of hydrogen-bond acceptors (Lipinski definition) is 4. The Morgan fingerprint density at radius 2 is 1.88 bits per heavy atom. The molecule has 1 unspecified atom stereocenters. The predicted octanol–water partition coefficient (Wildman–Crippen LogP) is 3.96. The molecule has 1 saturated heterocycles. The second kappa shape index (κ2) is 7.52. The highest BCUT2D eigenvalue weighted by molar-refractivity contribution is 5.82. The van der Waals surface area contributed by atoms with Crippen LogP contribution in [0.1, 0.15) is 49.9 Å². The van der Waals surface area contributed by atoms with Crippen LogP contribution in [0.15, 0.2) is 42.7 Å². The number of likely N-dealkylation sites (tertiary alicyclic amines) is 1. The van der Waals surface area contributed by atoms with E-state index in [1.54, 1.807) is 17.2 Å². The standard InChI is InChI=1S/C24H23F3N2O3/c1-22(2,3)21(30)29-14-17-11-19(29)18-13-28-12-15(20(18)32-17)9-10-23(31,24(25,26)27)16-7-5-4-6-8-16/h4-8,12-13,17,19,31H,11,14H2,1-3H3/t17-,19-,23?/m0/s1. The van der Waals surface area contributed by atoms with E-state index in [-0.39, 0.29) is 29.2 Å². The van der Waals surface area contributed by atoms with Gasteiger partial charge < -0.3 is 14.7 Å². The number of carbonyl (C=O) groups is 1. The van der Waals surface area contributed by atoms with Gasteiger partial charge in [0.25, 0.3) is 0 Å². The van der Waals surface area contributed by atoms with Crippen molar-refractivity contribution in [3.8, 4) is 17.6 Å². The van der Waals surface area contributed by atoms with Crippen molar-refractivity contribution in [2.45, 2.75) is 51.1 Å². The van der Waals surface area contributed by atoms with Crippen molar-refractivity contribution in [1.82, 2.24) is 9.88 Å². The molecule has 1 fully saturated rings. The Bertz CT molecular complexity index is 1100. The number of aromatic nitrogens is 1. The van der Waals surface area contributed by atoms with E-state index in [1.165, 1.54) is 30.5 Å². The van der Waals surface area contributed by atoms with Gasteiger partial charge >= 0.3 is 6.18 Å². The van der Waals surface area contributed by atoms with Crippen LogP contribution < -0.4 is 4.74 Å². The topological polar surface area (TPSA) is 62.7 Å². The number of hydrogen-bond donors (Lipinski definition) is 1. The number of alkyl halides is 3. The molecule has 0 aliphatic carbocycles. The third kappa shape index (κ3) is 3.71. The number of ether oxygens (including phenoxy) is 1. The number of carbonyl (C=O) groups excluding carboxylic acids is 1. The highest BCUT2D eigenvalue weighted by atomic mass is 19.4. The van der Waals surface area contributed by atoms with Crippen molar-refractivity contribution in [3.05, 3.63) is 59.4 Å². The Labute approximate surface area is 184 Å². The maximum atomic E-state index is 13.8. The van der Waals surface area contributed by atoms with Gasteiger partial charge in [0.05, 0.1) is 18.2 Å². The van der Waals surface area contributed by atoms with E-state index in [9.17, 15) is 23.1 Å². The fourth-order valence-electron chi connectivity index (χ4n) is 4.07. The van der Waals surface area contributed by atoms with Crippen LogP contribution in [-0.2, 0) is 10.4 Å². The van der Waals surface area contributed by atoms with Crippen LogP contribution in [0.5, 0.6) is 5.75 Å². The highest BCUT2D eigenvalue weighted by Crippen LogP contribution is 2.46. The molecule has 2 aliphatic heterocycles. The molecule has 2 aliphatic rings. The number of rotatable bonds is 1. The third-order valence-corrected chi connectivity index (χ3v) is 5.71. The number of fused-ring (bicyclic) bond motifs is 4. The summed E-state index contributed by atoms with van der Waals surface area (Å²) >= 11 is 0. The van der Waals surface area contributed by atoms with E-state index in [4.69, 9.17) is 4.74 Å². The summed E-state index contributed by atoms with van der Waals surface area (Å²) < 4.78 is 47.3. The van der Waals surface area contributed by atoms with Gasteiger partial charge in [-0.05, 0) is 5.92 Å². The summed E-state index contributed by atoms with van der Waals surface area (Å²) in [7, 11) is 0. The summed E-state index contributed by atoms with van der Waals surface area (Å²) in [5.74, 6) is 4.74. The molecule has 2 bridgehead atoms. The zero-order valence-electron chi connectivity index (χ0n) is 17.9. The third-order valence-electron chi connectivity index (χ3n) is 5.71. The summed E-state index contributed by atoms with van der Waals surface area (Å²) in [6, 6.07) is 6.43. The minimum absolute atomic E-state index is 0.0338. The van der Waals surface area contributed by atoms with Gasteiger partial charge in [0.2, 0.25) is 11.5 Å². The summed E-state index contributed by atoms with van der Waals surface area (Å²) in [6.45, 7) is 5.89. The average Bonchev–Trinajstić information content (AvgIpc) is 3.08. The number of halogens is 3. The maximum absolute atomic E-state index is 13.8. The zero-order chi connectivity index (χ0) is 23.3. The first kappa shape index (κ1) is 22.2. The van der Waals surface area contributed by atoms with E-state index < -0.39 is 17.2 Å². The van der Waals surface area contributed by atoms with Crippen molar-refractivity contribution < 1.29 is 27.8 Å². The van der Waals surface area contributed by atoms with E-state index in [0.717, 1.165) is 0 Å². The van der Waals surface area contributed by atoms with Crippen molar-refractivity contribution in [2.75, 3.05) is 6.54 Å². The molecule has 3 heterocycles. The first-order valence-electron chi connectivity index (χ1n) is 10.3. The van der Waals surface area contributed by atoms with Crippen LogP contribution in [0.4, 0.5) is 13.2 Å². The van der Waals surface area contributed by atoms with Crippen LogP contribution in [0.25, 0.3) is 0 Å². The smallest absolute Gasteiger partial charge is 0.433 e. The molecule has 168 valence electrons. The molecule has 4 rings (SSSR count). The second-order valence-corrected chi connectivity index (χ2v) is 9.13. The molecule has 0 saturated carbocycles.